The molecule has 0 saturated carbocycles. The minimum Gasteiger partial charge on any atom is -0.291 e. The Kier molecular flexibility index (Phi) is 7.13. The summed E-state index contributed by atoms with van der Waals surface area (Å²) in [6.07, 6.45) is 1.65. The average Bonchev–Trinajstić information content (AvgIpc) is 3.55. The number of H-pyrrole nitrogens is 1. The second-order valence-electron chi connectivity index (χ2n) is 9.82. The monoisotopic (exact) mass is 506 g/mol. The molecule has 2 heterocycles. The Bertz CT molecular complexity index is 1600. The second-order valence-corrected chi connectivity index (χ2v) is 9.82. The number of aromatic nitrogens is 6. The van der Waals surface area contributed by atoms with E-state index in [-0.39, 0.29) is 11.6 Å². The van der Waals surface area contributed by atoms with Crippen molar-refractivity contribution in [3.8, 4) is 22.5 Å². The van der Waals surface area contributed by atoms with E-state index in [0.29, 0.717) is 29.5 Å². The highest BCUT2D eigenvalue weighted by atomic mass is 16.2. The van der Waals surface area contributed by atoms with Gasteiger partial charge in [-0.25, -0.2) is 9.36 Å². The van der Waals surface area contributed by atoms with Crippen molar-refractivity contribution >= 4 is 5.91 Å². The molecule has 0 bridgehead atoms. The maximum atomic E-state index is 13.6. The predicted octanol–water partition coefficient (Wildman–Crippen LogP) is 5.13. The standard InChI is InChI=1S/C30H30N6O2/c1-20(2)13-18-27-21(3)36(29(37)24-9-5-4-6-10-24)30(38)35(27)19-22-14-16-23(17-15-22)25-11-7-8-12-26(25)28-31-33-34-32-28/h4-12,14-17,20H,13,18-19H2,1-3H3,(H,31,32,33,34). The Morgan fingerprint density at radius 3 is 2.26 bits per heavy atom. The number of imidazole rings is 1. The third-order valence-electron chi connectivity index (χ3n) is 6.80. The molecule has 1 N–H and O–H groups in total. The molecule has 38 heavy (non-hydrogen) atoms. The summed E-state index contributed by atoms with van der Waals surface area (Å²) < 4.78 is 3.07. The molecule has 2 aromatic heterocycles. The van der Waals surface area contributed by atoms with Crippen LogP contribution >= 0.6 is 0 Å². The number of carbonyl (C=O) groups is 1. The fourth-order valence-corrected chi connectivity index (χ4v) is 4.74. The van der Waals surface area contributed by atoms with E-state index in [1.165, 1.54) is 4.57 Å². The average molecular weight is 507 g/mol. The molecule has 0 radical (unpaired) electrons. The number of carbonyl (C=O) groups excluding carboxylic acids is 1. The first-order valence-electron chi connectivity index (χ1n) is 12.8. The van der Waals surface area contributed by atoms with E-state index >= 15 is 0 Å². The minimum absolute atomic E-state index is 0.300. The lowest BCUT2D eigenvalue weighted by atomic mass is 9.98. The predicted molar refractivity (Wildman–Crippen MR) is 147 cm³/mol. The molecule has 0 aliphatic carbocycles. The number of benzene rings is 3. The van der Waals surface area contributed by atoms with Gasteiger partial charge in [0.05, 0.1) is 6.54 Å². The Hall–Kier alpha value is -4.59. The highest BCUT2D eigenvalue weighted by Crippen LogP contribution is 2.30. The molecule has 5 aromatic rings. The number of rotatable bonds is 8. The van der Waals surface area contributed by atoms with E-state index in [9.17, 15) is 9.59 Å². The van der Waals surface area contributed by atoms with Gasteiger partial charge in [0, 0.05) is 22.5 Å². The molecule has 0 spiro atoms. The van der Waals surface area contributed by atoms with E-state index in [0.717, 1.165) is 40.8 Å². The molecule has 192 valence electrons. The molecule has 0 saturated heterocycles. The van der Waals surface area contributed by atoms with Gasteiger partial charge in [0.1, 0.15) is 0 Å². The van der Waals surface area contributed by atoms with E-state index in [1.807, 2.05) is 73.7 Å². The van der Waals surface area contributed by atoms with Crippen LogP contribution in [0.25, 0.3) is 22.5 Å². The number of tetrazole rings is 1. The lowest BCUT2D eigenvalue weighted by molar-refractivity contribution is 0.0953. The molecule has 0 aliphatic heterocycles. The van der Waals surface area contributed by atoms with Gasteiger partial charge in [0.25, 0.3) is 5.91 Å². The summed E-state index contributed by atoms with van der Waals surface area (Å²) in [6.45, 7) is 6.57. The summed E-state index contributed by atoms with van der Waals surface area (Å²) >= 11 is 0. The van der Waals surface area contributed by atoms with Crippen molar-refractivity contribution in [3.05, 3.63) is 112 Å². The molecule has 3 aromatic carbocycles. The molecular weight excluding hydrogens is 476 g/mol. The minimum atomic E-state index is -0.304. The quantitative estimate of drug-likeness (QED) is 0.315. The maximum absolute atomic E-state index is 13.6. The fraction of sp³-hybridized carbons (Fsp3) is 0.233. The summed E-state index contributed by atoms with van der Waals surface area (Å²) in [5.41, 5.74) is 5.66. The lowest BCUT2D eigenvalue weighted by Gasteiger charge is -2.11. The molecule has 5 rings (SSSR count). The SMILES string of the molecule is Cc1c(CCC(C)C)n(Cc2ccc(-c3ccccc3-c3nn[nH]n3)cc2)c(=O)n1C(=O)c1ccccc1. The highest BCUT2D eigenvalue weighted by molar-refractivity contribution is 5.96. The summed E-state index contributed by atoms with van der Waals surface area (Å²) in [4.78, 5) is 26.9. The molecule has 8 heteroatoms. The third kappa shape index (κ3) is 4.98. The van der Waals surface area contributed by atoms with Crippen LogP contribution in [0.1, 0.15) is 47.6 Å². The van der Waals surface area contributed by atoms with Crippen LogP contribution in [0, 0.1) is 12.8 Å². The Balaban J connectivity index is 1.49. The van der Waals surface area contributed by atoms with Crippen molar-refractivity contribution < 1.29 is 4.79 Å². The number of nitrogens with one attached hydrogen (secondary N) is 1. The van der Waals surface area contributed by atoms with Gasteiger partial charge in [-0.15, -0.1) is 10.2 Å². The normalized spacial score (nSPS) is 11.3. The van der Waals surface area contributed by atoms with Crippen molar-refractivity contribution in [1.82, 2.24) is 29.8 Å². The van der Waals surface area contributed by atoms with Crippen LogP contribution in [0.2, 0.25) is 0 Å². The van der Waals surface area contributed by atoms with Gasteiger partial charge in [0.2, 0.25) is 5.82 Å². The second kappa shape index (κ2) is 10.8. The van der Waals surface area contributed by atoms with Crippen LogP contribution < -0.4 is 5.69 Å². The largest absolute Gasteiger partial charge is 0.336 e. The summed E-state index contributed by atoms with van der Waals surface area (Å²) in [6, 6.07) is 25.0. The van der Waals surface area contributed by atoms with Crippen molar-refractivity contribution in [1.29, 1.82) is 0 Å². The maximum Gasteiger partial charge on any atom is 0.336 e. The van der Waals surface area contributed by atoms with E-state index in [1.54, 1.807) is 16.7 Å². The first kappa shape index (κ1) is 25.1. The first-order valence-corrected chi connectivity index (χ1v) is 12.8. The van der Waals surface area contributed by atoms with Gasteiger partial charge in [-0.2, -0.15) is 5.21 Å². The van der Waals surface area contributed by atoms with E-state index in [4.69, 9.17) is 0 Å². The zero-order chi connectivity index (χ0) is 26.6. The van der Waals surface area contributed by atoms with Crippen LogP contribution in [-0.2, 0) is 13.0 Å². The van der Waals surface area contributed by atoms with Gasteiger partial charge in [0.15, 0.2) is 0 Å². The van der Waals surface area contributed by atoms with Gasteiger partial charge >= 0.3 is 5.69 Å². The smallest absolute Gasteiger partial charge is 0.291 e. The van der Waals surface area contributed by atoms with Crippen LogP contribution in [0.15, 0.2) is 83.7 Å². The Morgan fingerprint density at radius 2 is 1.61 bits per heavy atom. The first-order chi connectivity index (χ1) is 18.4. The van der Waals surface area contributed by atoms with Gasteiger partial charge < -0.3 is 0 Å². The summed E-state index contributed by atoms with van der Waals surface area (Å²) in [5.74, 6) is 0.710. The number of hydrogen-bond acceptors (Lipinski definition) is 5. The molecule has 8 nitrogen and oxygen atoms in total. The molecule has 0 amide bonds. The van der Waals surface area contributed by atoms with Crippen molar-refractivity contribution in [2.75, 3.05) is 0 Å². The molecule has 0 aliphatic rings. The molecule has 0 atom stereocenters. The van der Waals surface area contributed by atoms with Gasteiger partial charge in [-0.1, -0.05) is 80.6 Å². The molecule has 0 unspecified atom stereocenters. The summed E-state index contributed by atoms with van der Waals surface area (Å²) in [5, 5.41) is 14.4. The number of nitrogens with zero attached hydrogens (tertiary/aromatic N) is 5. The van der Waals surface area contributed by atoms with Crippen LogP contribution in [0.3, 0.4) is 0 Å². The highest BCUT2D eigenvalue weighted by Gasteiger charge is 2.22. The topological polar surface area (TPSA) is 98.5 Å². The number of hydrogen-bond donors (Lipinski definition) is 1. The van der Waals surface area contributed by atoms with Crippen molar-refractivity contribution in [2.45, 2.75) is 40.2 Å². The third-order valence-corrected chi connectivity index (χ3v) is 6.80. The van der Waals surface area contributed by atoms with Crippen LogP contribution in [0.4, 0.5) is 0 Å². The fourth-order valence-electron chi connectivity index (χ4n) is 4.74. The van der Waals surface area contributed by atoms with Crippen LogP contribution in [-0.4, -0.2) is 35.7 Å². The lowest BCUT2D eigenvalue weighted by Crippen LogP contribution is -2.30. The van der Waals surface area contributed by atoms with Gasteiger partial charge in [-0.05, 0) is 59.7 Å². The van der Waals surface area contributed by atoms with Crippen molar-refractivity contribution in [3.63, 3.8) is 0 Å². The van der Waals surface area contributed by atoms with E-state index in [2.05, 4.69) is 34.5 Å². The van der Waals surface area contributed by atoms with Crippen molar-refractivity contribution in [2.24, 2.45) is 5.92 Å². The van der Waals surface area contributed by atoms with E-state index < -0.39 is 0 Å². The summed E-state index contributed by atoms with van der Waals surface area (Å²) in [7, 11) is 0. The molecular formula is C30H30N6O2. The number of aromatic amines is 1. The Morgan fingerprint density at radius 1 is 0.921 bits per heavy atom. The molecule has 0 fully saturated rings. The zero-order valence-corrected chi connectivity index (χ0v) is 21.8. The Labute approximate surface area is 221 Å². The zero-order valence-electron chi connectivity index (χ0n) is 21.8. The van der Waals surface area contributed by atoms with Crippen LogP contribution in [0.5, 0.6) is 0 Å². The van der Waals surface area contributed by atoms with Gasteiger partial charge in [-0.3, -0.25) is 9.36 Å².